The van der Waals surface area contributed by atoms with Gasteiger partial charge in [-0.3, -0.25) is 4.98 Å². The summed E-state index contributed by atoms with van der Waals surface area (Å²) in [5.74, 6) is 0. The van der Waals surface area contributed by atoms with Crippen molar-refractivity contribution in [1.82, 2.24) is 4.98 Å². The van der Waals surface area contributed by atoms with Gasteiger partial charge in [0.1, 0.15) is 0 Å². The first-order chi connectivity index (χ1) is 8.85. The molecule has 4 nitrogen and oxygen atoms in total. The van der Waals surface area contributed by atoms with Gasteiger partial charge < -0.3 is 5.11 Å². The third kappa shape index (κ3) is 3.15. The zero-order valence-corrected chi connectivity index (χ0v) is 12.3. The standard InChI is InChI=1S/C14H21NO3S/c1-3-11-6-7-12(15-10-11)9-14(16)8-4-5-13(14)19(2,17)18/h6-7,10,13,16H,3-5,8-9H2,1-2H3. The van der Waals surface area contributed by atoms with Crippen molar-refractivity contribution in [3.8, 4) is 0 Å². The molecule has 0 spiro atoms. The van der Waals surface area contributed by atoms with Gasteiger partial charge in [0.05, 0.1) is 10.9 Å². The number of sulfone groups is 1. The van der Waals surface area contributed by atoms with Crippen molar-refractivity contribution < 1.29 is 13.5 Å². The molecule has 1 aliphatic rings. The zero-order valence-electron chi connectivity index (χ0n) is 11.5. The number of hydrogen-bond acceptors (Lipinski definition) is 4. The Bertz CT molecular complexity index is 538. The smallest absolute Gasteiger partial charge is 0.153 e. The Hall–Kier alpha value is -0.940. The van der Waals surface area contributed by atoms with Crippen LogP contribution in [0.4, 0.5) is 0 Å². The number of rotatable bonds is 4. The Kier molecular flexibility index (Phi) is 3.97. The first kappa shape index (κ1) is 14.5. The first-order valence-corrected chi connectivity index (χ1v) is 8.65. The molecule has 0 radical (unpaired) electrons. The minimum atomic E-state index is -3.22. The molecule has 0 aliphatic heterocycles. The monoisotopic (exact) mass is 283 g/mol. The number of pyridine rings is 1. The van der Waals surface area contributed by atoms with Crippen molar-refractivity contribution in [1.29, 1.82) is 0 Å². The van der Waals surface area contributed by atoms with Crippen molar-refractivity contribution in [3.05, 3.63) is 29.6 Å². The molecule has 2 unspecified atom stereocenters. The number of aryl methyl sites for hydroxylation is 1. The van der Waals surface area contributed by atoms with Crippen LogP contribution in [0.1, 0.15) is 37.4 Å². The molecule has 1 fully saturated rings. The van der Waals surface area contributed by atoms with Gasteiger partial charge >= 0.3 is 0 Å². The van der Waals surface area contributed by atoms with Gasteiger partial charge in [-0.25, -0.2) is 8.42 Å². The van der Waals surface area contributed by atoms with E-state index in [1.807, 2.05) is 12.1 Å². The SMILES string of the molecule is CCc1ccc(CC2(O)CCCC2S(C)(=O)=O)nc1. The third-order valence-corrected chi connectivity index (χ3v) is 5.68. The molecule has 106 valence electrons. The van der Waals surface area contributed by atoms with Gasteiger partial charge in [-0.1, -0.05) is 13.0 Å². The zero-order chi connectivity index (χ0) is 14.1. The van der Waals surface area contributed by atoms with E-state index in [0.29, 0.717) is 19.3 Å². The summed E-state index contributed by atoms with van der Waals surface area (Å²) < 4.78 is 23.5. The molecule has 0 aromatic carbocycles. The maximum absolute atomic E-state index is 11.8. The molecule has 1 aromatic heterocycles. The molecule has 0 saturated heterocycles. The van der Waals surface area contributed by atoms with Gasteiger partial charge in [-0.2, -0.15) is 0 Å². The average Bonchev–Trinajstić information content (AvgIpc) is 2.72. The fourth-order valence-corrected chi connectivity index (χ4v) is 4.51. The second-order valence-electron chi connectivity index (χ2n) is 5.50. The van der Waals surface area contributed by atoms with E-state index in [9.17, 15) is 13.5 Å². The van der Waals surface area contributed by atoms with E-state index < -0.39 is 20.7 Å². The van der Waals surface area contributed by atoms with Crippen LogP contribution < -0.4 is 0 Å². The largest absolute Gasteiger partial charge is 0.388 e. The Morgan fingerprint density at radius 2 is 2.21 bits per heavy atom. The number of nitrogens with zero attached hydrogens (tertiary/aromatic N) is 1. The van der Waals surface area contributed by atoms with Crippen molar-refractivity contribution in [2.75, 3.05) is 6.26 Å². The second-order valence-corrected chi connectivity index (χ2v) is 7.73. The Labute approximate surface area is 114 Å². The Morgan fingerprint density at radius 1 is 1.47 bits per heavy atom. The fraction of sp³-hybridized carbons (Fsp3) is 0.643. The summed E-state index contributed by atoms with van der Waals surface area (Å²) in [7, 11) is -3.22. The van der Waals surface area contributed by atoms with Crippen molar-refractivity contribution in [2.24, 2.45) is 0 Å². The summed E-state index contributed by atoms with van der Waals surface area (Å²) in [5, 5.41) is 9.99. The predicted octanol–water partition coefficient (Wildman–Crippen LogP) is 1.51. The summed E-state index contributed by atoms with van der Waals surface area (Å²) in [6.45, 7) is 2.06. The lowest BCUT2D eigenvalue weighted by Gasteiger charge is -2.28. The molecule has 1 saturated carbocycles. The van der Waals surface area contributed by atoms with E-state index in [2.05, 4.69) is 11.9 Å². The lowest BCUT2D eigenvalue weighted by molar-refractivity contribution is 0.0503. The van der Waals surface area contributed by atoms with E-state index >= 15 is 0 Å². The van der Waals surface area contributed by atoms with Crippen LogP contribution in [0.2, 0.25) is 0 Å². The molecule has 1 aromatic rings. The lowest BCUT2D eigenvalue weighted by atomic mass is 9.95. The van der Waals surface area contributed by atoms with Gasteiger partial charge in [0.25, 0.3) is 0 Å². The molecule has 1 aliphatic carbocycles. The molecular weight excluding hydrogens is 262 g/mol. The Balaban J connectivity index is 2.20. The fourth-order valence-electron chi connectivity index (χ4n) is 2.92. The molecule has 1 N–H and O–H groups in total. The molecule has 5 heteroatoms. The average molecular weight is 283 g/mol. The topological polar surface area (TPSA) is 67.3 Å². The van der Waals surface area contributed by atoms with Gasteiger partial charge in [-0.15, -0.1) is 0 Å². The highest BCUT2D eigenvalue weighted by Crippen LogP contribution is 2.36. The minimum Gasteiger partial charge on any atom is -0.388 e. The summed E-state index contributed by atoms with van der Waals surface area (Å²) in [6, 6.07) is 3.87. The van der Waals surface area contributed by atoms with Crippen LogP contribution in [0.5, 0.6) is 0 Å². The summed E-state index contributed by atoms with van der Waals surface area (Å²) >= 11 is 0. The predicted molar refractivity (Wildman–Crippen MR) is 74.8 cm³/mol. The van der Waals surface area contributed by atoms with E-state index in [0.717, 1.165) is 24.1 Å². The molecule has 19 heavy (non-hydrogen) atoms. The Morgan fingerprint density at radius 3 is 2.74 bits per heavy atom. The van der Waals surface area contributed by atoms with E-state index in [1.54, 1.807) is 6.20 Å². The number of hydrogen-bond donors (Lipinski definition) is 1. The lowest BCUT2D eigenvalue weighted by Crippen LogP contribution is -2.44. The van der Waals surface area contributed by atoms with E-state index in [1.165, 1.54) is 6.26 Å². The third-order valence-electron chi connectivity index (χ3n) is 3.97. The van der Waals surface area contributed by atoms with Gasteiger partial charge in [0.2, 0.25) is 0 Å². The van der Waals surface area contributed by atoms with Crippen LogP contribution in [0.15, 0.2) is 18.3 Å². The highest BCUT2D eigenvalue weighted by molar-refractivity contribution is 7.91. The van der Waals surface area contributed by atoms with Crippen LogP contribution >= 0.6 is 0 Å². The highest BCUT2D eigenvalue weighted by atomic mass is 32.2. The maximum atomic E-state index is 11.8. The molecular formula is C14H21NO3S. The maximum Gasteiger partial charge on any atom is 0.153 e. The highest BCUT2D eigenvalue weighted by Gasteiger charge is 2.46. The van der Waals surface area contributed by atoms with Crippen LogP contribution in [-0.4, -0.2) is 35.6 Å². The van der Waals surface area contributed by atoms with Crippen molar-refractivity contribution in [3.63, 3.8) is 0 Å². The van der Waals surface area contributed by atoms with Gasteiger partial charge in [0.15, 0.2) is 9.84 Å². The molecule has 2 rings (SSSR count). The van der Waals surface area contributed by atoms with Crippen molar-refractivity contribution >= 4 is 9.84 Å². The second kappa shape index (κ2) is 5.21. The number of aliphatic hydroxyl groups is 1. The summed E-state index contributed by atoms with van der Waals surface area (Å²) in [4.78, 5) is 4.32. The van der Waals surface area contributed by atoms with Crippen LogP contribution in [0.3, 0.4) is 0 Å². The van der Waals surface area contributed by atoms with Crippen LogP contribution in [-0.2, 0) is 22.7 Å². The first-order valence-electron chi connectivity index (χ1n) is 6.70. The molecule has 0 bridgehead atoms. The normalized spacial score (nSPS) is 27.6. The van der Waals surface area contributed by atoms with Gasteiger partial charge in [0, 0.05) is 24.6 Å². The van der Waals surface area contributed by atoms with Crippen LogP contribution in [0, 0.1) is 0 Å². The van der Waals surface area contributed by atoms with E-state index in [-0.39, 0.29) is 0 Å². The summed E-state index contributed by atoms with van der Waals surface area (Å²) in [6.07, 6.45) is 6.06. The van der Waals surface area contributed by atoms with E-state index in [4.69, 9.17) is 0 Å². The molecule has 2 atom stereocenters. The quantitative estimate of drug-likeness (QED) is 0.909. The minimum absolute atomic E-state index is 0.314. The number of aromatic nitrogens is 1. The molecule has 0 amide bonds. The van der Waals surface area contributed by atoms with Gasteiger partial charge in [-0.05, 0) is 37.3 Å². The van der Waals surface area contributed by atoms with Crippen molar-refractivity contribution in [2.45, 2.75) is 49.9 Å². The summed E-state index contributed by atoms with van der Waals surface area (Å²) in [5.41, 5.74) is 0.742. The van der Waals surface area contributed by atoms with Crippen LogP contribution in [0.25, 0.3) is 0 Å². The molecule has 1 heterocycles.